The van der Waals surface area contributed by atoms with Crippen molar-refractivity contribution < 1.29 is 13.2 Å². The summed E-state index contributed by atoms with van der Waals surface area (Å²) in [5.41, 5.74) is 1.19. The molecular weight excluding hydrogens is 376 g/mol. The molecular formula is C20H28N4O3S. The van der Waals surface area contributed by atoms with Gasteiger partial charge in [0.05, 0.1) is 6.33 Å². The third-order valence-electron chi connectivity index (χ3n) is 5.35. The van der Waals surface area contributed by atoms with Crippen LogP contribution >= 0.6 is 0 Å². The number of carbonyl (C=O) groups excluding carboxylic acids is 1. The van der Waals surface area contributed by atoms with Gasteiger partial charge < -0.3 is 9.88 Å². The predicted molar refractivity (Wildman–Crippen MR) is 107 cm³/mol. The molecule has 1 saturated heterocycles. The molecule has 1 amide bonds. The molecule has 8 heteroatoms. The molecule has 2 heterocycles. The minimum absolute atomic E-state index is 0.00934. The molecule has 0 radical (unpaired) electrons. The Balaban J connectivity index is 1.51. The first-order valence-electron chi connectivity index (χ1n) is 9.76. The predicted octanol–water partition coefficient (Wildman–Crippen LogP) is 2.22. The third-order valence-corrected chi connectivity index (χ3v) is 7.14. The lowest BCUT2D eigenvalue weighted by molar-refractivity contribution is -0.126. The molecule has 28 heavy (non-hydrogen) atoms. The van der Waals surface area contributed by atoms with Crippen LogP contribution in [0.4, 0.5) is 0 Å². The molecule has 0 bridgehead atoms. The molecule has 7 nitrogen and oxygen atoms in total. The molecule has 1 atom stereocenters. The monoisotopic (exact) mass is 404 g/mol. The van der Waals surface area contributed by atoms with Gasteiger partial charge in [-0.05, 0) is 31.2 Å². The molecule has 1 aliphatic heterocycles. The van der Waals surface area contributed by atoms with Gasteiger partial charge in [-0.25, -0.2) is 13.4 Å². The Kier molecular flexibility index (Phi) is 6.51. The number of aromatic nitrogens is 2. The van der Waals surface area contributed by atoms with E-state index in [1.807, 2.05) is 25.1 Å². The zero-order chi connectivity index (χ0) is 20.1. The molecule has 0 aliphatic carbocycles. The SMILES string of the molecule is CCn1cnc(S(=O)(=O)N2CCC(C(=O)NC[C@H](C)c3ccccc3)CC2)c1. The van der Waals surface area contributed by atoms with Crippen molar-refractivity contribution in [2.24, 2.45) is 5.92 Å². The number of benzene rings is 1. The molecule has 0 saturated carbocycles. The first kappa shape index (κ1) is 20.5. The summed E-state index contributed by atoms with van der Waals surface area (Å²) in [4.78, 5) is 16.5. The Bertz CT molecular complexity index is 887. The highest BCUT2D eigenvalue weighted by Gasteiger charge is 2.33. The zero-order valence-corrected chi connectivity index (χ0v) is 17.2. The van der Waals surface area contributed by atoms with Crippen LogP contribution in [-0.2, 0) is 21.4 Å². The van der Waals surface area contributed by atoms with Crippen LogP contribution < -0.4 is 5.32 Å². The van der Waals surface area contributed by atoms with E-state index in [0.29, 0.717) is 39.0 Å². The van der Waals surface area contributed by atoms with E-state index in [4.69, 9.17) is 0 Å². The second-order valence-electron chi connectivity index (χ2n) is 7.28. The largest absolute Gasteiger partial charge is 0.355 e. The molecule has 1 aromatic carbocycles. The average molecular weight is 405 g/mol. The van der Waals surface area contributed by atoms with Crippen LogP contribution in [0.2, 0.25) is 0 Å². The van der Waals surface area contributed by atoms with Gasteiger partial charge >= 0.3 is 0 Å². The van der Waals surface area contributed by atoms with Crippen molar-refractivity contribution in [3.05, 3.63) is 48.4 Å². The number of aryl methyl sites for hydroxylation is 1. The summed E-state index contributed by atoms with van der Waals surface area (Å²) in [6.07, 6.45) is 4.14. The van der Waals surface area contributed by atoms with Crippen LogP contribution in [0, 0.1) is 5.92 Å². The van der Waals surface area contributed by atoms with Crippen LogP contribution in [0.15, 0.2) is 47.9 Å². The lowest BCUT2D eigenvalue weighted by atomic mass is 9.96. The third kappa shape index (κ3) is 4.62. The molecule has 3 rings (SSSR count). The lowest BCUT2D eigenvalue weighted by Gasteiger charge is -2.30. The van der Waals surface area contributed by atoms with E-state index in [9.17, 15) is 13.2 Å². The first-order chi connectivity index (χ1) is 13.4. The van der Waals surface area contributed by atoms with Crippen molar-refractivity contribution in [3.63, 3.8) is 0 Å². The standard InChI is InChI=1S/C20H28N4O3S/c1-3-23-14-19(22-15-23)28(26,27)24-11-9-18(10-12-24)20(25)21-13-16(2)17-7-5-4-6-8-17/h4-8,14-16,18H,3,9-13H2,1-2H3,(H,21,25)/t16-/m0/s1. The van der Waals surface area contributed by atoms with Crippen molar-refractivity contribution in [1.82, 2.24) is 19.2 Å². The van der Waals surface area contributed by atoms with E-state index >= 15 is 0 Å². The maximum atomic E-state index is 12.7. The van der Waals surface area contributed by atoms with Gasteiger partial charge in [-0.15, -0.1) is 0 Å². The summed E-state index contributed by atoms with van der Waals surface area (Å²) in [6.45, 7) is 5.95. The molecule has 1 N–H and O–H groups in total. The van der Waals surface area contributed by atoms with Crippen molar-refractivity contribution in [1.29, 1.82) is 0 Å². The summed E-state index contributed by atoms with van der Waals surface area (Å²) >= 11 is 0. The number of amides is 1. The molecule has 1 aromatic heterocycles. The van der Waals surface area contributed by atoms with Crippen molar-refractivity contribution >= 4 is 15.9 Å². The number of hydrogen-bond acceptors (Lipinski definition) is 4. The van der Waals surface area contributed by atoms with E-state index in [1.165, 1.54) is 16.2 Å². The Hall–Kier alpha value is -2.19. The Morgan fingerprint density at radius 2 is 1.93 bits per heavy atom. The van der Waals surface area contributed by atoms with E-state index in [2.05, 4.69) is 29.4 Å². The van der Waals surface area contributed by atoms with Crippen LogP contribution in [0.1, 0.15) is 38.2 Å². The highest BCUT2D eigenvalue weighted by molar-refractivity contribution is 7.89. The summed E-state index contributed by atoms with van der Waals surface area (Å²) in [5, 5.41) is 3.10. The minimum Gasteiger partial charge on any atom is -0.355 e. The van der Waals surface area contributed by atoms with Crippen molar-refractivity contribution in [3.8, 4) is 0 Å². The second kappa shape index (κ2) is 8.87. The number of nitrogens with zero attached hydrogens (tertiary/aromatic N) is 3. The van der Waals surface area contributed by atoms with Gasteiger partial charge in [0.1, 0.15) is 0 Å². The lowest BCUT2D eigenvalue weighted by Crippen LogP contribution is -2.43. The van der Waals surface area contributed by atoms with Gasteiger partial charge in [-0.1, -0.05) is 37.3 Å². The molecule has 2 aromatic rings. The van der Waals surface area contributed by atoms with Crippen LogP contribution in [0.25, 0.3) is 0 Å². The van der Waals surface area contributed by atoms with Gasteiger partial charge in [0.15, 0.2) is 5.03 Å². The second-order valence-corrected chi connectivity index (χ2v) is 9.16. The van der Waals surface area contributed by atoms with Crippen LogP contribution in [0.5, 0.6) is 0 Å². The zero-order valence-electron chi connectivity index (χ0n) is 16.4. The number of sulfonamides is 1. The smallest absolute Gasteiger partial charge is 0.262 e. The van der Waals surface area contributed by atoms with Gasteiger partial charge in [0.2, 0.25) is 5.91 Å². The summed E-state index contributed by atoms with van der Waals surface area (Å²) in [7, 11) is -3.59. The maximum Gasteiger partial charge on any atom is 0.262 e. The maximum absolute atomic E-state index is 12.7. The summed E-state index contributed by atoms with van der Waals surface area (Å²) < 4.78 is 28.6. The van der Waals surface area contributed by atoms with E-state index in [1.54, 1.807) is 10.8 Å². The van der Waals surface area contributed by atoms with Gasteiger partial charge in [0, 0.05) is 38.3 Å². The molecule has 1 fully saturated rings. The fourth-order valence-corrected chi connectivity index (χ4v) is 4.84. The number of carbonyl (C=O) groups is 1. The molecule has 0 unspecified atom stereocenters. The summed E-state index contributed by atoms with van der Waals surface area (Å²) in [5.74, 6) is 0.0945. The Morgan fingerprint density at radius 1 is 1.25 bits per heavy atom. The van der Waals surface area contributed by atoms with Gasteiger partial charge in [-0.3, -0.25) is 4.79 Å². The normalized spacial score (nSPS) is 17.4. The summed E-state index contributed by atoms with van der Waals surface area (Å²) in [6, 6.07) is 10.1. The van der Waals surface area contributed by atoms with E-state index < -0.39 is 10.0 Å². The quantitative estimate of drug-likeness (QED) is 0.767. The number of rotatable bonds is 7. The molecule has 0 spiro atoms. The van der Waals surface area contributed by atoms with E-state index in [-0.39, 0.29) is 22.8 Å². The van der Waals surface area contributed by atoms with Crippen molar-refractivity contribution in [2.75, 3.05) is 19.6 Å². The number of imidazole rings is 1. The topological polar surface area (TPSA) is 84.3 Å². The molecule has 1 aliphatic rings. The molecule has 152 valence electrons. The number of hydrogen-bond donors (Lipinski definition) is 1. The first-order valence-corrected chi connectivity index (χ1v) is 11.2. The van der Waals surface area contributed by atoms with Crippen molar-refractivity contribution in [2.45, 2.75) is 44.2 Å². The Morgan fingerprint density at radius 3 is 2.54 bits per heavy atom. The van der Waals surface area contributed by atoms with Gasteiger partial charge in [0.25, 0.3) is 10.0 Å². The van der Waals surface area contributed by atoms with Gasteiger partial charge in [-0.2, -0.15) is 4.31 Å². The fraction of sp³-hybridized carbons (Fsp3) is 0.500. The fourth-order valence-electron chi connectivity index (χ4n) is 3.43. The van der Waals surface area contributed by atoms with Crippen LogP contribution in [-0.4, -0.2) is 47.8 Å². The highest BCUT2D eigenvalue weighted by atomic mass is 32.2. The van der Waals surface area contributed by atoms with Crippen LogP contribution in [0.3, 0.4) is 0 Å². The van der Waals surface area contributed by atoms with E-state index in [0.717, 1.165) is 0 Å². The number of piperidine rings is 1. The average Bonchev–Trinajstić information content (AvgIpc) is 3.23. The highest BCUT2D eigenvalue weighted by Crippen LogP contribution is 2.23. The minimum atomic E-state index is -3.59. The number of nitrogens with one attached hydrogen (secondary N) is 1. The Labute approximate surface area is 166 Å².